The van der Waals surface area contributed by atoms with Gasteiger partial charge in [0.25, 0.3) is 5.91 Å². The lowest BCUT2D eigenvalue weighted by atomic mass is 9.89. The number of carbonyl (C=O) groups excluding carboxylic acids is 1. The molecular formula is C19H25N3O2. The van der Waals surface area contributed by atoms with E-state index in [0.717, 1.165) is 29.8 Å². The van der Waals surface area contributed by atoms with Crippen LogP contribution in [-0.4, -0.2) is 38.8 Å². The minimum absolute atomic E-state index is 0.0423. The van der Waals surface area contributed by atoms with Gasteiger partial charge in [0.15, 0.2) is 0 Å². The van der Waals surface area contributed by atoms with Crippen LogP contribution in [0.2, 0.25) is 0 Å². The lowest BCUT2D eigenvalue weighted by Crippen LogP contribution is -2.35. The first kappa shape index (κ1) is 16.7. The van der Waals surface area contributed by atoms with Crippen LogP contribution in [-0.2, 0) is 12.1 Å². The predicted molar refractivity (Wildman–Crippen MR) is 92.9 cm³/mol. The number of carbonyl (C=O) groups is 1. The van der Waals surface area contributed by atoms with Gasteiger partial charge in [0.1, 0.15) is 5.60 Å². The number of aromatic nitrogens is 2. The Kier molecular flexibility index (Phi) is 4.45. The molecule has 0 radical (unpaired) electrons. The van der Waals surface area contributed by atoms with Gasteiger partial charge >= 0.3 is 0 Å². The molecule has 3 rings (SSSR count). The van der Waals surface area contributed by atoms with Crippen molar-refractivity contribution >= 4 is 5.91 Å². The molecule has 1 atom stereocenters. The number of aryl methyl sites for hydroxylation is 2. The van der Waals surface area contributed by atoms with E-state index in [0.29, 0.717) is 25.1 Å². The molecule has 1 N–H and O–H groups in total. The van der Waals surface area contributed by atoms with Crippen molar-refractivity contribution in [3.05, 3.63) is 52.8 Å². The van der Waals surface area contributed by atoms with Crippen LogP contribution in [0, 0.1) is 13.8 Å². The van der Waals surface area contributed by atoms with Crippen LogP contribution in [0.15, 0.2) is 30.5 Å². The molecule has 1 aromatic carbocycles. The van der Waals surface area contributed by atoms with E-state index in [1.54, 1.807) is 11.1 Å². The normalized spacial score (nSPS) is 20.6. The highest BCUT2D eigenvalue weighted by Crippen LogP contribution is 2.34. The van der Waals surface area contributed by atoms with Crippen LogP contribution < -0.4 is 0 Å². The van der Waals surface area contributed by atoms with E-state index in [1.165, 1.54) is 0 Å². The summed E-state index contributed by atoms with van der Waals surface area (Å²) in [4.78, 5) is 14.6. The maximum absolute atomic E-state index is 12.9. The fourth-order valence-corrected chi connectivity index (χ4v) is 3.55. The largest absolute Gasteiger partial charge is 0.383 e. The molecule has 2 heterocycles. The minimum Gasteiger partial charge on any atom is -0.383 e. The van der Waals surface area contributed by atoms with Gasteiger partial charge in [-0.2, -0.15) is 5.10 Å². The Labute approximate surface area is 142 Å². The quantitative estimate of drug-likeness (QED) is 0.939. The molecule has 1 amide bonds. The molecule has 2 aromatic rings. The Balaban J connectivity index is 1.80. The Morgan fingerprint density at radius 2 is 2.08 bits per heavy atom. The van der Waals surface area contributed by atoms with Crippen molar-refractivity contribution in [2.24, 2.45) is 0 Å². The van der Waals surface area contributed by atoms with E-state index in [1.807, 2.05) is 42.8 Å². The van der Waals surface area contributed by atoms with Gasteiger partial charge in [-0.15, -0.1) is 0 Å². The zero-order chi connectivity index (χ0) is 17.3. The Morgan fingerprint density at radius 1 is 1.33 bits per heavy atom. The molecule has 0 bridgehead atoms. The van der Waals surface area contributed by atoms with Gasteiger partial charge in [-0.3, -0.25) is 9.48 Å². The zero-order valence-corrected chi connectivity index (χ0v) is 14.6. The number of benzene rings is 1. The standard InChI is InChI=1S/C19H25N3O2/c1-4-10-22-15(3)16(12-20-22)18(23)21-11-9-19(24,13-21)17-8-6-5-7-14(17)2/h5-8,12,24H,4,9-11,13H2,1-3H3/t19-/m1/s1. The van der Waals surface area contributed by atoms with Crippen LogP contribution in [0.5, 0.6) is 0 Å². The molecule has 0 spiro atoms. The van der Waals surface area contributed by atoms with E-state index in [4.69, 9.17) is 0 Å². The van der Waals surface area contributed by atoms with Crippen molar-refractivity contribution < 1.29 is 9.90 Å². The summed E-state index contributed by atoms with van der Waals surface area (Å²) in [5, 5.41) is 15.4. The molecule has 1 aliphatic heterocycles. The van der Waals surface area contributed by atoms with E-state index >= 15 is 0 Å². The van der Waals surface area contributed by atoms with Crippen molar-refractivity contribution in [2.45, 2.75) is 45.8 Å². The van der Waals surface area contributed by atoms with Crippen molar-refractivity contribution in [1.29, 1.82) is 0 Å². The monoisotopic (exact) mass is 327 g/mol. The highest BCUT2D eigenvalue weighted by atomic mass is 16.3. The second-order valence-electron chi connectivity index (χ2n) is 6.69. The average molecular weight is 327 g/mol. The number of nitrogens with zero attached hydrogens (tertiary/aromatic N) is 3. The molecule has 0 saturated carbocycles. The molecule has 5 nitrogen and oxygen atoms in total. The Bertz CT molecular complexity index is 753. The summed E-state index contributed by atoms with van der Waals surface area (Å²) >= 11 is 0. The van der Waals surface area contributed by atoms with Gasteiger partial charge in [0.05, 0.1) is 18.3 Å². The predicted octanol–water partition coefficient (Wildman–Crippen LogP) is 2.64. The van der Waals surface area contributed by atoms with Gasteiger partial charge in [0, 0.05) is 18.8 Å². The number of β-amino-alcohol motifs (C(OH)–C–C–N with tert-alkyl or cyclic N) is 1. The maximum Gasteiger partial charge on any atom is 0.257 e. The summed E-state index contributed by atoms with van der Waals surface area (Å²) in [6, 6.07) is 7.85. The third-order valence-electron chi connectivity index (χ3n) is 4.95. The van der Waals surface area contributed by atoms with Crippen molar-refractivity contribution in [3.8, 4) is 0 Å². The van der Waals surface area contributed by atoms with Gasteiger partial charge in [-0.05, 0) is 37.8 Å². The molecule has 1 aliphatic rings. The average Bonchev–Trinajstić information content (AvgIpc) is 3.13. The van der Waals surface area contributed by atoms with Crippen LogP contribution in [0.1, 0.15) is 46.9 Å². The molecule has 24 heavy (non-hydrogen) atoms. The lowest BCUT2D eigenvalue weighted by molar-refractivity contribution is 0.0412. The number of likely N-dealkylation sites (tertiary alicyclic amines) is 1. The Morgan fingerprint density at radius 3 is 2.79 bits per heavy atom. The SMILES string of the molecule is CCCn1ncc(C(=O)N2CC[C@](O)(c3ccccc3C)C2)c1C. The van der Waals surface area contributed by atoms with Crippen LogP contribution in [0.4, 0.5) is 0 Å². The molecule has 1 saturated heterocycles. The Hall–Kier alpha value is -2.14. The maximum atomic E-state index is 12.9. The fourth-order valence-electron chi connectivity index (χ4n) is 3.55. The van der Waals surface area contributed by atoms with Gasteiger partial charge in [0.2, 0.25) is 0 Å². The van der Waals surface area contributed by atoms with Crippen molar-refractivity contribution in [1.82, 2.24) is 14.7 Å². The van der Waals surface area contributed by atoms with E-state index < -0.39 is 5.60 Å². The second-order valence-corrected chi connectivity index (χ2v) is 6.69. The van der Waals surface area contributed by atoms with Gasteiger partial charge in [-0.25, -0.2) is 0 Å². The first-order valence-corrected chi connectivity index (χ1v) is 8.56. The summed E-state index contributed by atoms with van der Waals surface area (Å²) in [7, 11) is 0. The summed E-state index contributed by atoms with van der Waals surface area (Å²) in [5.74, 6) is -0.0423. The van der Waals surface area contributed by atoms with E-state index in [-0.39, 0.29) is 5.91 Å². The molecular weight excluding hydrogens is 302 g/mol. The summed E-state index contributed by atoms with van der Waals surface area (Å²) in [6.07, 6.45) is 3.19. The van der Waals surface area contributed by atoms with Crippen LogP contribution in [0.25, 0.3) is 0 Å². The molecule has 0 unspecified atom stereocenters. The lowest BCUT2D eigenvalue weighted by Gasteiger charge is -2.25. The van der Waals surface area contributed by atoms with Crippen molar-refractivity contribution in [2.75, 3.05) is 13.1 Å². The fraction of sp³-hybridized carbons (Fsp3) is 0.474. The minimum atomic E-state index is -0.964. The third kappa shape index (κ3) is 2.84. The van der Waals surface area contributed by atoms with Crippen LogP contribution >= 0.6 is 0 Å². The number of rotatable bonds is 4. The smallest absolute Gasteiger partial charge is 0.257 e. The van der Waals surface area contributed by atoms with Gasteiger partial charge < -0.3 is 10.0 Å². The molecule has 1 fully saturated rings. The number of hydrogen-bond acceptors (Lipinski definition) is 3. The van der Waals surface area contributed by atoms with E-state index in [2.05, 4.69) is 12.0 Å². The third-order valence-corrected chi connectivity index (χ3v) is 4.95. The molecule has 1 aromatic heterocycles. The summed E-state index contributed by atoms with van der Waals surface area (Å²) in [6.45, 7) is 7.71. The molecule has 0 aliphatic carbocycles. The highest BCUT2D eigenvalue weighted by molar-refractivity contribution is 5.95. The number of aliphatic hydroxyl groups is 1. The van der Waals surface area contributed by atoms with Gasteiger partial charge in [-0.1, -0.05) is 31.2 Å². The summed E-state index contributed by atoms with van der Waals surface area (Å²) < 4.78 is 1.87. The number of amides is 1. The second kappa shape index (κ2) is 6.40. The topological polar surface area (TPSA) is 58.4 Å². The zero-order valence-electron chi connectivity index (χ0n) is 14.6. The van der Waals surface area contributed by atoms with Crippen LogP contribution in [0.3, 0.4) is 0 Å². The van der Waals surface area contributed by atoms with Crippen molar-refractivity contribution in [3.63, 3.8) is 0 Å². The molecule has 128 valence electrons. The van der Waals surface area contributed by atoms with E-state index in [9.17, 15) is 9.90 Å². The molecule has 5 heteroatoms. The summed E-state index contributed by atoms with van der Waals surface area (Å²) in [5.41, 5.74) is 2.54. The number of hydrogen-bond donors (Lipinski definition) is 1. The highest BCUT2D eigenvalue weighted by Gasteiger charge is 2.41. The first-order valence-electron chi connectivity index (χ1n) is 8.56. The first-order chi connectivity index (χ1) is 11.5.